The van der Waals surface area contributed by atoms with Crippen LogP contribution in [-0.2, 0) is 13.1 Å². The first-order chi connectivity index (χ1) is 10.2. The number of hydrogen-bond donors (Lipinski definition) is 0. The smallest absolute Gasteiger partial charge is 0.259 e. The maximum atomic E-state index is 5.30. The van der Waals surface area contributed by atoms with Crippen LogP contribution in [0.2, 0.25) is 0 Å². The van der Waals surface area contributed by atoms with Crippen molar-refractivity contribution >= 4 is 11.3 Å². The molecular formula is C14H15N5OS. The van der Waals surface area contributed by atoms with Crippen LogP contribution in [0.3, 0.4) is 0 Å². The summed E-state index contributed by atoms with van der Waals surface area (Å²) in [6.45, 7) is 3.36. The second-order valence-electron chi connectivity index (χ2n) is 4.92. The van der Waals surface area contributed by atoms with Crippen molar-refractivity contribution < 1.29 is 4.52 Å². The average Bonchev–Trinajstić information content (AvgIpc) is 3.10. The minimum Gasteiger partial charge on any atom is -0.334 e. The van der Waals surface area contributed by atoms with Gasteiger partial charge in [0, 0.05) is 24.3 Å². The fourth-order valence-electron chi connectivity index (χ4n) is 2.00. The van der Waals surface area contributed by atoms with Crippen LogP contribution < -0.4 is 0 Å². The van der Waals surface area contributed by atoms with E-state index >= 15 is 0 Å². The van der Waals surface area contributed by atoms with Gasteiger partial charge in [0.2, 0.25) is 0 Å². The molecule has 0 fully saturated rings. The van der Waals surface area contributed by atoms with Gasteiger partial charge in [0.05, 0.1) is 23.3 Å². The SMILES string of the molecule is Cc1cncc(-c2nc(CN(C)Cc3cscn3)no2)c1. The van der Waals surface area contributed by atoms with Crippen LogP contribution >= 0.6 is 11.3 Å². The quantitative estimate of drug-likeness (QED) is 0.721. The Hall–Kier alpha value is -2.12. The third-order valence-electron chi connectivity index (χ3n) is 2.92. The summed E-state index contributed by atoms with van der Waals surface area (Å²) < 4.78 is 5.30. The number of hydrogen-bond acceptors (Lipinski definition) is 7. The van der Waals surface area contributed by atoms with E-state index in [1.54, 1.807) is 23.7 Å². The molecule has 3 aromatic rings. The summed E-state index contributed by atoms with van der Waals surface area (Å²) in [5, 5.41) is 6.06. The van der Waals surface area contributed by atoms with E-state index in [0.29, 0.717) is 18.3 Å². The van der Waals surface area contributed by atoms with Gasteiger partial charge in [-0.25, -0.2) is 4.98 Å². The molecule has 0 aliphatic heterocycles. The van der Waals surface area contributed by atoms with Crippen molar-refractivity contribution in [1.29, 1.82) is 0 Å². The molecule has 3 aromatic heterocycles. The normalized spacial score (nSPS) is 11.2. The van der Waals surface area contributed by atoms with Gasteiger partial charge in [-0.3, -0.25) is 9.88 Å². The van der Waals surface area contributed by atoms with Crippen molar-refractivity contribution in [3.63, 3.8) is 0 Å². The second-order valence-corrected chi connectivity index (χ2v) is 5.64. The van der Waals surface area contributed by atoms with Gasteiger partial charge in [-0.15, -0.1) is 11.3 Å². The van der Waals surface area contributed by atoms with Crippen molar-refractivity contribution in [3.8, 4) is 11.5 Å². The van der Waals surface area contributed by atoms with Gasteiger partial charge in [-0.05, 0) is 25.6 Å². The Kier molecular flexibility index (Phi) is 4.03. The van der Waals surface area contributed by atoms with Crippen molar-refractivity contribution in [2.75, 3.05) is 7.05 Å². The Morgan fingerprint density at radius 2 is 2.19 bits per heavy atom. The minimum atomic E-state index is 0.503. The van der Waals surface area contributed by atoms with E-state index in [1.165, 1.54) is 0 Å². The molecule has 0 spiro atoms. The lowest BCUT2D eigenvalue weighted by molar-refractivity contribution is 0.299. The maximum Gasteiger partial charge on any atom is 0.259 e. The molecule has 0 atom stereocenters. The zero-order chi connectivity index (χ0) is 14.7. The highest BCUT2D eigenvalue weighted by atomic mass is 32.1. The standard InChI is InChI=1S/C14H15N5OS/c1-10-3-11(5-15-4-10)14-17-13(18-20-14)7-19(2)6-12-8-21-9-16-12/h3-5,8-9H,6-7H2,1-2H3. The first kappa shape index (κ1) is 13.8. The van der Waals surface area contributed by atoms with Crippen LogP contribution in [0.25, 0.3) is 11.5 Å². The maximum absolute atomic E-state index is 5.30. The molecule has 3 rings (SSSR count). The number of pyridine rings is 1. The van der Waals surface area contributed by atoms with E-state index in [0.717, 1.165) is 23.4 Å². The van der Waals surface area contributed by atoms with Crippen molar-refractivity contribution in [2.24, 2.45) is 0 Å². The molecule has 0 N–H and O–H groups in total. The number of thiazole rings is 1. The molecule has 0 amide bonds. The summed E-state index contributed by atoms with van der Waals surface area (Å²) >= 11 is 1.60. The third-order valence-corrected chi connectivity index (χ3v) is 3.55. The number of aryl methyl sites for hydroxylation is 1. The lowest BCUT2D eigenvalue weighted by Gasteiger charge is -2.11. The molecular weight excluding hydrogens is 286 g/mol. The van der Waals surface area contributed by atoms with Crippen LogP contribution in [-0.4, -0.2) is 32.1 Å². The monoisotopic (exact) mass is 301 g/mol. The molecule has 0 radical (unpaired) electrons. The highest BCUT2D eigenvalue weighted by molar-refractivity contribution is 7.07. The van der Waals surface area contributed by atoms with Gasteiger partial charge in [0.1, 0.15) is 0 Å². The summed E-state index contributed by atoms with van der Waals surface area (Å²) in [6, 6.07) is 1.98. The summed E-state index contributed by atoms with van der Waals surface area (Å²) in [5.74, 6) is 1.16. The van der Waals surface area contributed by atoms with Crippen LogP contribution in [0.15, 0.2) is 33.9 Å². The fraction of sp³-hybridized carbons (Fsp3) is 0.286. The Morgan fingerprint density at radius 3 is 2.95 bits per heavy atom. The predicted molar refractivity (Wildman–Crippen MR) is 79.6 cm³/mol. The molecule has 7 heteroatoms. The van der Waals surface area contributed by atoms with E-state index < -0.39 is 0 Å². The van der Waals surface area contributed by atoms with Gasteiger partial charge in [0.25, 0.3) is 5.89 Å². The third kappa shape index (κ3) is 3.50. The first-order valence-electron chi connectivity index (χ1n) is 6.51. The van der Waals surface area contributed by atoms with E-state index in [-0.39, 0.29) is 0 Å². The molecule has 0 bridgehead atoms. The van der Waals surface area contributed by atoms with Gasteiger partial charge in [-0.2, -0.15) is 4.98 Å². The molecule has 0 aliphatic carbocycles. The van der Waals surface area contributed by atoms with E-state index in [9.17, 15) is 0 Å². The molecule has 0 aliphatic rings. The number of nitrogens with zero attached hydrogens (tertiary/aromatic N) is 5. The lowest BCUT2D eigenvalue weighted by atomic mass is 10.2. The van der Waals surface area contributed by atoms with E-state index in [1.807, 2.05) is 30.9 Å². The number of rotatable bonds is 5. The molecule has 3 heterocycles. The summed E-state index contributed by atoms with van der Waals surface area (Å²) in [6.07, 6.45) is 3.52. The first-order valence-corrected chi connectivity index (χ1v) is 7.45. The van der Waals surface area contributed by atoms with Crippen LogP contribution in [0.4, 0.5) is 0 Å². The molecule has 21 heavy (non-hydrogen) atoms. The molecule has 0 saturated carbocycles. The van der Waals surface area contributed by atoms with Gasteiger partial charge < -0.3 is 4.52 Å². The van der Waals surface area contributed by atoms with Crippen molar-refractivity contribution in [1.82, 2.24) is 25.0 Å². The van der Waals surface area contributed by atoms with Gasteiger partial charge in [-0.1, -0.05) is 5.16 Å². The largest absolute Gasteiger partial charge is 0.334 e. The Bertz CT molecular complexity index is 710. The van der Waals surface area contributed by atoms with Gasteiger partial charge >= 0.3 is 0 Å². The Labute approximate surface area is 126 Å². The zero-order valence-corrected chi connectivity index (χ0v) is 12.7. The molecule has 0 aromatic carbocycles. The minimum absolute atomic E-state index is 0.503. The molecule has 0 saturated heterocycles. The highest BCUT2D eigenvalue weighted by Gasteiger charge is 2.11. The van der Waals surface area contributed by atoms with E-state index in [2.05, 4.69) is 25.0 Å². The highest BCUT2D eigenvalue weighted by Crippen LogP contribution is 2.17. The molecule has 6 nitrogen and oxygen atoms in total. The predicted octanol–water partition coefficient (Wildman–Crippen LogP) is 2.53. The van der Waals surface area contributed by atoms with E-state index in [4.69, 9.17) is 4.52 Å². The van der Waals surface area contributed by atoms with Crippen molar-refractivity contribution in [3.05, 3.63) is 46.4 Å². The molecule has 0 unspecified atom stereocenters. The zero-order valence-electron chi connectivity index (χ0n) is 11.9. The van der Waals surface area contributed by atoms with Crippen LogP contribution in [0, 0.1) is 6.92 Å². The van der Waals surface area contributed by atoms with Crippen LogP contribution in [0.1, 0.15) is 17.1 Å². The fourth-order valence-corrected chi connectivity index (χ4v) is 2.55. The molecule has 108 valence electrons. The summed E-state index contributed by atoms with van der Waals surface area (Å²) in [4.78, 5) is 14.9. The topological polar surface area (TPSA) is 67.9 Å². The van der Waals surface area contributed by atoms with Gasteiger partial charge in [0.15, 0.2) is 5.82 Å². The number of aromatic nitrogens is 4. The Morgan fingerprint density at radius 1 is 1.29 bits per heavy atom. The Balaban J connectivity index is 1.67. The van der Waals surface area contributed by atoms with Crippen LogP contribution in [0.5, 0.6) is 0 Å². The lowest BCUT2D eigenvalue weighted by Crippen LogP contribution is -2.18. The second kappa shape index (κ2) is 6.11. The summed E-state index contributed by atoms with van der Waals surface area (Å²) in [5.41, 5.74) is 4.79. The van der Waals surface area contributed by atoms with Crippen molar-refractivity contribution in [2.45, 2.75) is 20.0 Å². The average molecular weight is 301 g/mol. The summed E-state index contributed by atoms with van der Waals surface area (Å²) in [7, 11) is 2.00.